The standard InChI is InChI=1S/C11H17NO3S/c1-9(2)16(14,15)12-11-5-3-10(4-6-11)7-8-13/h3-6,9,12-13H,7-8H2,1-2H3. The van der Waals surface area contributed by atoms with Gasteiger partial charge in [0, 0.05) is 12.3 Å². The summed E-state index contributed by atoms with van der Waals surface area (Å²) in [6, 6.07) is 7.00. The van der Waals surface area contributed by atoms with Gasteiger partial charge in [-0.2, -0.15) is 0 Å². The van der Waals surface area contributed by atoms with Gasteiger partial charge >= 0.3 is 0 Å². The highest BCUT2D eigenvalue weighted by atomic mass is 32.2. The van der Waals surface area contributed by atoms with Crippen LogP contribution < -0.4 is 4.72 Å². The van der Waals surface area contributed by atoms with Crippen LogP contribution in [0.1, 0.15) is 19.4 Å². The van der Waals surface area contributed by atoms with Crippen molar-refractivity contribution in [2.45, 2.75) is 25.5 Å². The third kappa shape index (κ3) is 3.50. The van der Waals surface area contributed by atoms with E-state index in [0.717, 1.165) is 5.56 Å². The molecule has 0 saturated heterocycles. The molecular formula is C11H17NO3S. The molecule has 0 spiro atoms. The van der Waals surface area contributed by atoms with Gasteiger partial charge in [0.15, 0.2) is 0 Å². The maximum absolute atomic E-state index is 11.6. The van der Waals surface area contributed by atoms with E-state index in [1.807, 2.05) is 0 Å². The molecule has 0 radical (unpaired) electrons. The first-order valence-corrected chi connectivity index (χ1v) is 6.72. The average molecular weight is 243 g/mol. The van der Waals surface area contributed by atoms with Crippen LogP contribution in [0, 0.1) is 0 Å². The van der Waals surface area contributed by atoms with Crippen molar-refractivity contribution in [3.05, 3.63) is 29.8 Å². The molecule has 4 nitrogen and oxygen atoms in total. The van der Waals surface area contributed by atoms with E-state index in [1.54, 1.807) is 38.1 Å². The van der Waals surface area contributed by atoms with Crippen LogP contribution in [0.2, 0.25) is 0 Å². The SMILES string of the molecule is CC(C)S(=O)(=O)Nc1ccc(CCO)cc1. The molecule has 0 aliphatic rings. The Morgan fingerprint density at radius 2 is 1.81 bits per heavy atom. The molecule has 0 aliphatic heterocycles. The maximum atomic E-state index is 11.6. The lowest BCUT2D eigenvalue weighted by molar-refractivity contribution is 0.299. The topological polar surface area (TPSA) is 66.4 Å². The second kappa shape index (κ2) is 5.32. The molecule has 0 saturated carbocycles. The molecule has 0 aromatic heterocycles. The predicted molar refractivity (Wildman–Crippen MR) is 64.9 cm³/mol. The Morgan fingerprint density at radius 1 is 1.25 bits per heavy atom. The molecular weight excluding hydrogens is 226 g/mol. The molecule has 1 aromatic rings. The first-order chi connectivity index (χ1) is 7.45. The molecule has 0 bridgehead atoms. The Kier molecular flexibility index (Phi) is 4.32. The van der Waals surface area contributed by atoms with Gasteiger partial charge < -0.3 is 5.11 Å². The van der Waals surface area contributed by atoms with Crippen LogP contribution in [0.15, 0.2) is 24.3 Å². The minimum absolute atomic E-state index is 0.0943. The number of hydrogen-bond donors (Lipinski definition) is 2. The summed E-state index contributed by atoms with van der Waals surface area (Å²) < 4.78 is 25.6. The molecule has 0 heterocycles. The third-order valence-corrected chi connectivity index (χ3v) is 4.00. The number of rotatable bonds is 5. The highest BCUT2D eigenvalue weighted by Gasteiger charge is 2.14. The Labute approximate surface area is 96.4 Å². The Bertz CT molecular complexity index is 423. The van der Waals surface area contributed by atoms with Crippen LogP contribution in [-0.4, -0.2) is 25.4 Å². The molecule has 1 aromatic carbocycles. The molecule has 0 aliphatic carbocycles. The van der Waals surface area contributed by atoms with Crippen LogP contribution in [-0.2, 0) is 16.4 Å². The Morgan fingerprint density at radius 3 is 2.25 bits per heavy atom. The summed E-state index contributed by atoms with van der Waals surface area (Å²) in [5.74, 6) is 0. The summed E-state index contributed by atoms with van der Waals surface area (Å²) in [4.78, 5) is 0. The second-order valence-electron chi connectivity index (χ2n) is 3.87. The Hall–Kier alpha value is -1.07. The first kappa shape index (κ1) is 13.0. The van der Waals surface area contributed by atoms with Crippen molar-refractivity contribution >= 4 is 15.7 Å². The maximum Gasteiger partial charge on any atom is 0.235 e. The number of aliphatic hydroxyl groups is 1. The van der Waals surface area contributed by atoms with Crippen molar-refractivity contribution in [3.8, 4) is 0 Å². The molecule has 5 heteroatoms. The summed E-state index contributed by atoms with van der Waals surface area (Å²) >= 11 is 0. The van der Waals surface area contributed by atoms with Crippen molar-refractivity contribution in [3.63, 3.8) is 0 Å². The molecule has 0 atom stereocenters. The molecule has 0 unspecified atom stereocenters. The van der Waals surface area contributed by atoms with E-state index >= 15 is 0 Å². The zero-order valence-corrected chi connectivity index (χ0v) is 10.3. The number of hydrogen-bond acceptors (Lipinski definition) is 3. The van der Waals surface area contributed by atoms with E-state index in [2.05, 4.69) is 4.72 Å². The van der Waals surface area contributed by atoms with Crippen molar-refractivity contribution in [2.75, 3.05) is 11.3 Å². The zero-order valence-electron chi connectivity index (χ0n) is 9.47. The first-order valence-electron chi connectivity index (χ1n) is 5.17. The van der Waals surface area contributed by atoms with Gasteiger partial charge in [0.25, 0.3) is 0 Å². The molecule has 16 heavy (non-hydrogen) atoms. The van der Waals surface area contributed by atoms with Gasteiger partial charge in [-0.1, -0.05) is 12.1 Å². The van der Waals surface area contributed by atoms with Crippen molar-refractivity contribution in [1.82, 2.24) is 0 Å². The lowest BCUT2D eigenvalue weighted by Crippen LogP contribution is -2.22. The summed E-state index contributed by atoms with van der Waals surface area (Å²) in [5, 5.41) is 8.28. The van der Waals surface area contributed by atoms with E-state index in [0.29, 0.717) is 12.1 Å². The van der Waals surface area contributed by atoms with Gasteiger partial charge in [0.1, 0.15) is 0 Å². The molecule has 1 rings (SSSR count). The number of anilines is 1. The highest BCUT2D eigenvalue weighted by Crippen LogP contribution is 2.13. The van der Waals surface area contributed by atoms with Gasteiger partial charge in [-0.3, -0.25) is 4.72 Å². The van der Waals surface area contributed by atoms with Crippen LogP contribution in [0.5, 0.6) is 0 Å². The summed E-state index contributed by atoms with van der Waals surface area (Å²) in [6.45, 7) is 3.35. The third-order valence-electron chi connectivity index (χ3n) is 2.24. The fourth-order valence-electron chi connectivity index (χ4n) is 1.15. The molecule has 0 amide bonds. The van der Waals surface area contributed by atoms with Gasteiger partial charge in [-0.25, -0.2) is 8.42 Å². The number of aliphatic hydroxyl groups excluding tert-OH is 1. The normalized spacial score (nSPS) is 11.8. The van der Waals surface area contributed by atoms with Gasteiger partial charge in [0.2, 0.25) is 10.0 Å². The van der Waals surface area contributed by atoms with E-state index in [9.17, 15) is 8.42 Å². The average Bonchev–Trinajstić information content (AvgIpc) is 2.21. The number of benzene rings is 1. The second-order valence-corrected chi connectivity index (χ2v) is 6.10. The molecule has 2 N–H and O–H groups in total. The lowest BCUT2D eigenvalue weighted by Gasteiger charge is -2.10. The van der Waals surface area contributed by atoms with Crippen LogP contribution in [0.4, 0.5) is 5.69 Å². The van der Waals surface area contributed by atoms with Crippen LogP contribution in [0.25, 0.3) is 0 Å². The van der Waals surface area contributed by atoms with E-state index < -0.39 is 15.3 Å². The highest BCUT2D eigenvalue weighted by molar-refractivity contribution is 7.93. The van der Waals surface area contributed by atoms with Gasteiger partial charge in [-0.05, 0) is 38.0 Å². The number of nitrogens with one attached hydrogen (secondary N) is 1. The minimum Gasteiger partial charge on any atom is -0.396 e. The quantitative estimate of drug-likeness (QED) is 0.821. The van der Waals surface area contributed by atoms with Gasteiger partial charge in [0.05, 0.1) is 5.25 Å². The molecule has 90 valence electrons. The van der Waals surface area contributed by atoms with E-state index in [-0.39, 0.29) is 6.61 Å². The molecule has 0 fully saturated rings. The van der Waals surface area contributed by atoms with Crippen molar-refractivity contribution in [1.29, 1.82) is 0 Å². The van der Waals surface area contributed by atoms with E-state index in [1.165, 1.54) is 0 Å². The summed E-state index contributed by atoms with van der Waals surface area (Å²) in [6.07, 6.45) is 0.581. The van der Waals surface area contributed by atoms with Crippen LogP contribution >= 0.6 is 0 Å². The van der Waals surface area contributed by atoms with E-state index in [4.69, 9.17) is 5.11 Å². The fourth-order valence-corrected chi connectivity index (χ4v) is 1.85. The monoisotopic (exact) mass is 243 g/mol. The van der Waals surface area contributed by atoms with Crippen molar-refractivity contribution < 1.29 is 13.5 Å². The lowest BCUT2D eigenvalue weighted by atomic mass is 10.1. The van der Waals surface area contributed by atoms with Crippen LogP contribution in [0.3, 0.4) is 0 Å². The number of sulfonamides is 1. The van der Waals surface area contributed by atoms with Crippen molar-refractivity contribution in [2.24, 2.45) is 0 Å². The Balaban J connectivity index is 2.76. The minimum atomic E-state index is -3.28. The predicted octanol–water partition coefficient (Wildman–Crippen LogP) is 1.37. The zero-order chi connectivity index (χ0) is 12.2. The smallest absolute Gasteiger partial charge is 0.235 e. The fraction of sp³-hybridized carbons (Fsp3) is 0.455. The van der Waals surface area contributed by atoms with Gasteiger partial charge in [-0.15, -0.1) is 0 Å². The largest absolute Gasteiger partial charge is 0.396 e. The summed E-state index contributed by atoms with van der Waals surface area (Å²) in [7, 11) is -3.28. The summed E-state index contributed by atoms with van der Waals surface area (Å²) in [5.41, 5.74) is 1.53.